The van der Waals surface area contributed by atoms with Crippen molar-refractivity contribution in [2.75, 3.05) is 18.5 Å². The first kappa shape index (κ1) is 16.9. The Morgan fingerprint density at radius 3 is 3.00 bits per heavy atom. The van der Waals surface area contributed by atoms with Crippen LogP contribution in [-0.4, -0.2) is 43.6 Å². The zero-order chi connectivity index (χ0) is 19.1. The monoisotopic (exact) mass is 376 g/mol. The molecule has 1 aliphatic heterocycles. The van der Waals surface area contributed by atoms with Gasteiger partial charge in [-0.2, -0.15) is 0 Å². The van der Waals surface area contributed by atoms with E-state index in [1.165, 1.54) is 0 Å². The van der Waals surface area contributed by atoms with Crippen LogP contribution in [0.2, 0.25) is 0 Å². The molecule has 1 saturated heterocycles. The number of fused-ring (bicyclic) bond motifs is 2. The highest BCUT2D eigenvalue weighted by atomic mass is 16.5. The molecule has 8 heteroatoms. The molecule has 142 valence electrons. The summed E-state index contributed by atoms with van der Waals surface area (Å²) in [4.78, 5) is 29.4. The number of aromatic nitrogens is 5. The number of carbonyl (C=O) groups excluding carboxylic acids is 1. The Balaban J connectivity index is 1.43. The molecule has 5 rings (SSSR count). The van der Waals surface area contributed by atoms with Crippen molar-refractivity contribution in [3.05, 3.63) is 48.2 Å². The zero-order valence-electron chi connectivity index (χ0n) is 15.5. The van der Waals surface area contributed by atoms with Crippen LogP contribution in [0.25, 0.3) is 22.2 Å². The topological polar surface area (TPSA) is 97.7 Å². The Labute approximate surface area is 161 Å². The SMILES string of the molecule is Cc1nc2c(NC(=O)c3cnc4c(c3)ncn4C3CCOCC3)cccc2[nH]1. The van der Waals surface area contributed by atoms with Gasteiger partial charge in [-0.05, 0) is 38.0 Å². The summed E-state index contributed by atoms with van der Waals surface area (Å²) in [5.41, 5.74) is 4.28. The molecule has 2 N–H and O–H groups in total. The van der Waals surface area contributed by atoms with Crippen LogP contribution in [0.15, 0.2) is 36.8 Å². The number of rotatable bonds is 3. The van der Waals surface area contributed by atoms with Crippen molar-refractivity contribution < 1.29 is 9.53 Å². The van der Waals surface area contributed by atoms with E-state index in [1.807, 2.05) is 31.5 Å². The number of ether oxygens (including phenoxy) is 1. The van der Waals surface area contributed by atoms with Gasteiger partial charge >= 0.3 is 0 Å². The lowest BCUT2D eigenvalue weighted by atomic mass is 10.1. The number of nitrogens with one attached hydrogen (secondary N) is 2. The third-order valence-corrected chi connectivity index (χ3v) is 5.14. The van der Waals surface area contributed by atoms with E-state index in [1.54, 1.807) is 12.3 Å². The number of nitrogens with zero attached hydrogens (tertiary/aromatic N) is 4. The summed E-state index contributed by atoms with van der Waals surface area (Å²) in [5, 5.41) is 2.94. The largest absolute Gasteiger partial charge is 0.381 e. The number of benzene rings is 1. The van der Waals surface area contributed by atoms with Gasteiger partial charge in [0.25, 0.3) is 5.91 Å². The maximum absolute atomic E-state index is 12.8. The van der Waals surface area contributed by atoms with Crippen LogP contribution in [0.1, 0.15) is 35.1 Å². The second-order valence-electron chi connectivity index (χ2n) is 7.04. The fourth-order valence-corrected chi connectivity index (χ4v) is 3.72. The smallest absolute Gasteiger partial charge is 0.257 e. The van der Waals surface area contributed by atoms with Crippen molar-refractivity contribution in [2.45, 2.75) is 25.8 Å². The Kier molecular flexibility index (Phi) is 4.05. The third-order valence-electron chi connectivity index (χ3n) is 5.14. The lowest BCUT2D eigenvalue weighted by Gasteiger charge is -2.23. The number of hydrogen-bond acceptors (Lipinski definition) is 5. The van der Waals surface area contributed by atoms with Gasteiger partial charge < -0.3 is 19.6 Å². The Morgan fingerprint density at radius 2 is 2.14 bits per heavy atom. The van der Waals surface area contributed by atoms with Crippen LogP contribution in [0, 0.1) is 6.92 Å². The average molecular weight is 376 g/mol. The van der Waals surface area contributed by atoms with Crippen molar-refractivity contribution in [1.82, 2.24) is 24.5 Å². The van der Waals surface area contributed by atoms with Crippen LogP contribution >= 0.6 is 0 Å². The fourth-order valence-electron chi connectivity index (χ4n) is 3.72. The molecule has 0 radical (unpaired) electrons. The molecule has 1 aromatic carbocycles. The fraction of sp³-hybridized carbons (Fsp3) is 0.300. The first-order valence-electron chi connectivity index (χ1n) is 9.36. The van der Waals surface area contributed by atoms with E-state index >= 15 is 0 Å². The minimum atomic E-state index is -0.233. The maximum Gasteiger partial charge on any atom is 0.257 e. The number of amides is 1. The summed E-state index contributed by atoms with van der Waals surface area (Å²) < 4.78 is 7.52. The molecular weight excluding hydrogens is 356 g/mol. The van der Waals surface area contributed by atoms with Crippen molar-refractivity contribution in [2.24, 2.45) is 0 Å². The lowest BCUT2D eigenvalue weighted by Crippen LogP contribution is -2.19. The molecule has 8 nitrogen and oxygen atoms in total. The third kappa shape index (κ3) is 2.91. The van der Waals surface area contributed by atoms with E-state index in [9.17, 15) is 4.79 Å². The predicted molar refractivity (Wildman–Crippen MR) is 105 cm³/mol. The molecular formula is C20H20N6O2. The van der Waals surface area contributed by atoms with Gasteiger partial charge in [0.15, 0.2) is 5.65 Å². The number of hydrogen-bond donors (Lipinski definition) is 2. The average Bonchev–Trinajstić information content (AvgIpc) is 3.31. The molecule has 0 unspecified atom stereocenters. The van der Waals surface area contributed by atoms with Gasteiger partial charge in [-0.15, -0.1) is 0 Å². The van der Waals surface area contributed by atoms with Gasteiger partial charge in [-0.1, -0.05) is 6.07 Å². The molecule has 4 aromatic rings. The van der Waals surface area contributed by atoms with E-state index < -0.39 is 0 Å². The molecule has 1 amide bonds. The van der Waals surface area contributed by atoms with E-state index in [4.69, 9.17) is 4.74 Å². The molecule has 1 fully saturated rings. The molecule has 4 heterocycles. The number of carbonyl (C=O) groups is 1. The number of pyridine rings is 1. The minimum absolute atomic E-state index is 0.233. The summed E-state index contributed by atoms with van der Waals surface area (Å²) in [6.45, 7) is 3.39. The number of anilines is 1. The highest BCUT2D eigenvalue weighted by Gasteiger charge is 2.19. The van der Waals surface area contributed by atoms with Crippen LogP contribution in [0.5, 0.6) is 0 Å². The molecule has 0 bridgehead atoms. The Morgan fingerprint density at radius 1 is 1.29 bits per heavy atom. The zero-order valence-corrected chi connectivity index (χ0v) is 15.5. The molecule has 3 aromatic heterocycles. The van der Waals surface area contributed by atoms with Gasteiger partial charge in [0.2, 0.25) is 0 Å². The number of aryl methyl sites for hydroxylation is 1. The standard InChI is InChI=1S/C20H20N6O2/c1-12-23-15-3-2-4-16(18(15)24-12)25-20(27)13-9-17-19(21-10-13)26(11-22-17)14-5-7-28-8-6-14/h2-4,9-11,14H,5-8H2,1H3,(H,23,24)(H,25,27). The van der Waals surface area contributed by atoms with Crippen LogP contribution in [0.3, 0.4) is 0 Å². The van der Waals surface area contributed by atoms with Crippen LogP contribution in [-0.2, 0) is 4.74 Å². The van der Waals surface area contributed by atoms with E-state index in [-0.39, 0.29) is 5.91 Å². The molecule has 0 saturated carbocycles. The Bertz CT molecular complexity index is 1170. The van der Waals surface area contributed by atoms with Gasteiger partial charge in [-0.25, -0.2) is 15.0 Å². The van der Waals surface area contributed by atoms with E-state index in [0.717, 1.165) is 48.6 Å². The second-order valence-corrected chi connectivity index (χ2v) is 7.04. The summed E-state index contributed by atoms with van der Waals surface area (Å²) >= 11 is 0. The van der Waals surface area contributed by atoms with Gasteiger partial charge in [0, 0.05) is 25.5 Å². The second kappa shape index (κ2) is 6.72. The molecule has 28 heavy (non-hydrogen) atoms. The molecule has 1 aliphatic rings. The number of H-pyrrole nitrogens is 1. The summed E-state index contributed by atoms with van der Waals surface area (Å²) in [5.74, 6) is 0.571. The maximum atomic E-state index is 12.8. The van der Waals surface area contributed by atoms with Gasteiger partial charge in [0.05, 0.1) is 23.1 Å². The van der Waals surface area contributed by atoms with Gasteiger partial charge in [0.1, 0.15) is 16.9 Å². The molecule has 0 atom stereocenters. The highest BCUT2D eigenvalue weighted by Crippen LogP contribution is 2.25. The minimum Gasteiger partial charge on any atom is -0.381 e. The summed E-state index contributed by atoms with van der Waals surface area (Å²) in [6, 6.07) is 7.77. The summed E-state index contributed by atoms with van der Waals surface area (Å²) in [7, 11) is 0. The number of imidazole rings is 2. The van der Waals surface area contributed by atoms with Crippen LogP contribution < -0.4 is 5.32 Å². The van der Waals surface area contributed by atoms with Crippen molar-refractivity contribution in [3.8, 4) is 0 Å². The quantitative estimate of drug-likeness (QED) is 0.572. The van der Waals surface area contributed by atoms with Gasteiger partial charge in [-0.3, -0.25) is 4.79 Å². The van der Waals surface area contributed by atoms with Crippen molar-refractivity contribution >= 4 is 33.8 Å². The normalized spacial score (nSPS) is 15.3. The number of para-hydroxylation sites is 1. The van der Waals surface area contributed by atoms with E-state index in [2.05, 4.69) is 29.8 Å². The predicted octanol–water partition coefficient (Wildman–Crippen LogP) is 3.22. The molecule has 0 spiro atoms. The van der Waals surface area contributed by atoms with Crippen molar-refractivity contribution in [3.63, 3.8) is 0 Å². The van der Waals surface area contributed by atoms with Crippen LogP contribution in [0.4, 0.5) is 5.69 Å². The highest BCUT2D eigenvalue weighted by molar-refractivity contribution is 6.08. The first-order valence-corrected chi connectivity index (χ1v) is 9.36. The number of aromatic amines is 1. The Hall–Kier alpha value is -3.26. The molecule has 0 aliphatic carbocycles. The van der Waals surface area contributed by atoms with Crippen molar-refractivity contribution in [1.29, 1.82) is 0 Å². The van der Waals surface area contributed by atoms with E-state index in [0.29, 0.717) is 22.8 Å². The summed E-state index contributed by atoms with van der Waals surface area (Å²) in [6.07, 6.45) is 5.30. The first-order chi connectivity index (χ1) is 13.7. The lowest BCUT2D eigenvalue weighted by molar-refractivity contribution is 0.0704.